The number of aliphatic hydroxyl groups excluding tert-OH is 1. The van der Waals surface area contributed by atoms with Gasteiger partial charge in [0.05, 0.1) is 12.1 Å². The van der Waals surface area contributed by atoms with Crippen LogP contribution in [0.4, 0.5) is 5.69 Å². The number of hydrogen-bond donors (Lipinski definition) is 9. The van der Waals surface area contributed by atoms with Gasteiger partial charge < -0.3 is 54.0 Å². The Kier molecular flexibility index (Phi) is 15.4. The highest BCUT2D eigenvalue weighted by atomic mass is 16.4. The van der Waals surface area contributed by atoms with Gasteiger partial charge in [-0.15, -0.1) is 0 Å². The summed E-state index contributed by atoms with van der Waals surface area (Å²) in [6.07, 6.45) is 0.618. The van der Waals surface area contributed by atoms with Crippen LogP contribution >= 0.6 is 0 Å². The zero-order chi connectivity index (χ0) is 35.3. The summed E-state index contributed by atoms with van der Waals surface area (Å²) in [4.78, 5) is 70.0. The molecule has 1 fully saturated rings. The van der Waals surface area contributed by atoms with E-state index >= 15 is 0 Å². The maximum Gasteiger partial charge on any atom is 0.328 e. The Morgan fingerprint density at radius 3 is 2.28 bits per heavy atom. The van der Waals surface area contributed by atoms with Crippen LogP contribution in [-0.2, 0) is 30.4 Å². The summed E-state index contributed by atoms with van der Waals surface area (Å²) in [5.74, 6) is -3.59. The molecule has 47 heavy (non-hydrogen) atoms. The number of nitrogens with one attached hydrogen (secondary N) is 3. The van der Waals surface area contributed by atoms with Gasteiger partial charge in [0.15, 0.2) is 12.0 Å². The first kappa shape index (κ1) is 38.7. The summed E-state index contributed by atoms with van der Waals surface area (Å²) in [7, 11) is 0. The first-order chi connectivity index (χ1) is 22.1. The molecule has 0 unspecified atom stereocenters. The fourth-order valence-electron chi connectivity index (χ4n) is 5.38. The fraction of sp³-hybridized carbons (Fsp3) is 0.613. The van der Waals surface area contributed by atoms with Gasteiger partial charge in [0.2, 0.25) is 23.6 Å². The van der Waals surface area contributed by atoms with Crippen molar-refractivity contribution in [2.24, 2.45) is 28.1 Å². The zero-order valence-electron chi connectivity index (χ0n) is 27.4. The molecule has 1 saturated heterocycles. The van der Waals surface area contributed by atoms with E-state index in [1.54, 1.807) is 24.3 Å². The normalized spacial score (nSPS) is 17.6. The zero-order valence-corrected chi connectivity index (χ0v) is 27.4. The smallest absolute Gasteiger partial charge is 0.328 e. The molecule has 0 bridgehead atoms. The number of aliphatic imine (C=N–C) groups is 1. The fourth-order valence-corrected chi connectivity index (χ4v) is 5.38. The summed E-state index contributed by atoms with van der Waals surface area (Å²) in [5, 5.41) is 27.1. The number of amides is 4. The van der Waals surface area contributed by atoms with E-state index in [-0.39, 0.29) is 37.7 Å². The molecule has 0 aliphatic carbocycles. The quantitative estimate of drug-likeness (QED) is 0.0379. The lowest BCUT2D eigenvalue weighted by atomic mass is 9.99. The van der Waals surface area contributed by atoms with E-state index in [2.05, 4.69) is 20.9 Å². The van der Waals surface area contributed by atoms with Crippen molar-refractivity contribution in [3.05, 3.63) is 29.8 Å². The molecule has 0 aromatic heterocycles. The number of nitrogens with two attached hydrogens (primary N) is 4. The highest BCUT2D eigenvalue weighted by Gasteiger charge is 2.39. The van der Waals surface area contributed by atoms with E-state index in [1.165, 1.54) is 11.8 Å². The summed E-state index contributed by atoms with van der Waals surface area (Å²) in [6, 6.07) is 1.98. The summed E-state index contributed by atoms with van der Waals surface area (Å²) >= 11 is 0. The Bertz CT molecular complexity index is 1250. The van der Waals surface area contributed by atoms with Gasteiger partial charge in [-0.2, -0.15) is 0 Å². The Labute approximate surface area is 275 Å². The number of likely N-dealkylation sites (tertiary alicyclic amines) is 1. The number of guanidine groups is 1. The van der Waals surface area contributed by atoms with Crippen LogP contribution in [0.3, 0.4) is 0 Å². The number of carbonyl (C=O) groups is 5. The highest BCUT2D eigenvalue weighted by Crippen LogP contribution is 2.21. The number of carboxylic acids is 1. The molecule has 6 atom stereocenters. The van der Waals surface area contributed by atoms with Crippen LogP contribution < -0.4 is 38.9 Å². The number of aliphatic carboxylic acids is 1. The van der Waals surface area contributed by atoms with Crippen molar-refractivity contribution in [2.75, 3.05) is 18.8 Å². The number of nitrogens with zero attached hydrogens (tertiary/aromatic N) is 2. The number of carbonyl (C=O) groups excluding carboxylic acids is 4. The van der Waals surface area contributed by atoms with Crippen LogP contribution in [0.2, 0.25) is 0 Å². The second-order valence-electron chi connectivity index (χ2n) is 12.4. The molecule has 1 aromatic rings. The van der Waals surface area contributed by atoms with E-state index in [1.807, 2.05) is 13.8 Å². The van der Waals surface area contributed by atoms with E-state index in [0.29, 0.717) is 37.9 Å². The van der Waals surface area contributed by atoms with Gasteiger partial charge in [0.25, 0.3) is 0 Å². The molecular weight excluding hydrogens is 610 g/mol. The molecule has 0 saturated carbocycles. The predicted molar refractivity (Wildman–Crippen MR) is 176 cm³/mol. The molecule has 1 aromatic carbocycles. The summed E-state index contributed by atoms with van der Waals surface area (Å²) in [6.45, 7) is 5.58. The first-order valence-corrected chi connectivity index (χ1v) is 15.9. The number of nitrogen functional groups attached to an aromatic ring is 1. The molecule has 16 nitrogen and oxygen atoms in total. The lowest BCUT2D eigenvalue weighted by molar-refractivity contribution is -0.147. The molecule has 1 heterocycles. The molecule has 0 spiro atoms. The number of rotatable bonds is 18. The van der Waals surface area contributed by atoms with Crippen molar-refractivity contribution in [3.8, 4) is 0 Å². The molecule has 1 aliphatic rings. The number of aliphatic hydroxyl groups is 1. The SMILES string of the molecule is CC(C)C[C@H](NC(=O)C[C@H](Cc1ccc(N)cc1)NC(=O)[C@@H](N)CCCN=C(N)N)C(=O)N1CCC[C@H]1C(=O)N[C@H](C(=O)O)[C@@H](C)O. The molecule has 1 aliphatic heterocycles. The van der Waals surface area contributed by atoms with E-state index in [4.69, 9.17) is 22.9 Å². The second-order valence-corrected chi connectivity index (χ2v) is 12.4. The van der Waals surface area contributed by atoms with Crippen LogP contribution in [0.15, 0.2) is 29.3 Å². The van der Waals surface area contributed by atoms with Crippen LogP contribution in [-0.4, -0.2) is 100 Å². The minimum atomic E-state index is -1.54. The second kappa shape index (κ2) is 18.6. The lowest BCUT2D eigenvalue weighted by Gasteiger charge is -2.31. The van der Waals surface area contributed by atoms with Crippen molar-refractivity contribution < 1.29 is 34.2 Å². The molecule has 16 heteroatoms. The third-order valence-electron chi connectivity index (χ3n) is 7.77. The summed E-state index contributed by atoms with van der Waals surface area (Å²) < 4.78 is 0. The van der Waals surface area contributed by atoms with Crippen LogP contribution in [0.5, 0.6) is 0 Å². The topological polar surface area (TPSA) is 282 Å². The Hall–Kier alpha value is -4.44. The van der Waals surface area contributed by atoms with Crippen molar-refractivity contribution in [1.82, 2.24) is 20.9 Å². The largest absolute Gasteiger partial charge is 0.480 e. The molecule has 0 radical (unpaired) electrons. The van der Waals surface area contributed by atoms with Gasteiger partial charge in [-0.1, -0.05) is 26.0 Å². The van der Waals surface area contributed by atoms with Gasteiger partial charge in [-0.3, -0.25) is 24.2 Å². The molecule has 13 N–H and O–H groups in total. The average molecular weight is 662 g/mol. The van der Waals surface area contributed by atoms with Crippen molar-refractivity contribution in [3.63, 3.8) is 0 Å². The molecule has 2 rings (SSSR count). The monoisotopic (exact) mass is 661 g/mol. The Balaban J connectivity index is 2.18. The Morgan fingerprint density at radius 2 is 1.70 bits per heavy atom. The van der Waals surface area contributed by atoms with Crippen LogP contribution in [0.25, 0.3) is 0 Å². The van der Waals surface area contributed by atoms with Crippen LogP contribution in [0.1, 0.15) is 64.9 Å². The van der Waals surface area contributed by atoms with Crippen molar-refractivity contribution in [2.45, 2.75) is 102 Å². The third kappa shape index (κ3) is 13.1. The molecular formula is C31H51N9O7. The van der Waals surface area contributed by atoms with Gasteiger partial charge in [0.1, 0.15) is 12.1 Å². The van der Waals surface area contributed by atoms with E-state index in [9.17, 15) is 34.2 Å². The summed E-state index contributed by atoms with van der Waals surface area (Å²) in [5.41, 5.74) is 24.0. The standard InChI is InChI=1S/C31H51N9O7/c1-17(2)14-23(29(45)40-13-5-7-24(40)28(44)39-26(18(3)41)30(46)47)38-25(42)16-21(15-19-8-10-20(32)11-9-19)37-27(43)22(33)6-4-12-36-31(34)35/h8-11,17-18,21-24,26,41H,4-7,12-16,32-33H2,1-3H3,(H,37,43)(H,38,42)(H,39,44)(H,46,47)(H4,34,35,36)/t18-,21+,22+,23+,24+,26+/m1/s1. The van der Waals surface area contributed by atoms with E-state index in [0.717, 1.165) is 5.56 Å². The third-order valence-corrected chi connectivity index (χ3v) is 7.77. The number of carboxylic acid groups (broad SMARTS) is 1. The lowest BCUT2D eigenvalue weighted by Crippen LogP contribution is -2.57. The average Bonchev–Trinajstić information content (AvgIpc) is 3.47. The maximum absolute atomic E-state index is 13.8. The maximum atomic E-state index is 13.8. The predicted octanol–water partition coefficient (Wildman–Crippen LogP) is -1.46. The van der Waals surface area contributed by atoms with Crippen molar-refractivity contribution in [1.29, 1.82) is 0 Å². The highest BCUT2D eigenvalue weighted by molar-refractivity contribution is 5.94. The minimum Gasteiger partial charge on any atom is -0.480 e. The van der Waals surface area contributed by atoms with Gasteiger partial charge >= 0.3 is 5.97 Å². The number of benzene rings is 1. The van der Waals surface area contributed by atoms with Gasteiger partial charge in [-0.05, 0) is 69.1 Å². The van der Waals surface area contributed by atoms with Gasteiger partial charge in [-0.25, -0.2) is 4.79 Å². The number of anilines is 1. The molecule has 4 amide bonds. The first-order valence-electron chi connectivity index (χ1n) is 15.9. The van der Waals surface area contributed by atoms with E-state index < -0.39 is 65.9 Å². The Morgan fingerprint density at radius 1 is 1.04 bits per heavy atom. The number of hydrogen-bond acceptors (Lipinski definition) is 9. The van der Waals surface area contributed by atoms with Crippen molar-refractivity contribution >= 4 is 41.2 Å². The van der Waals surface area contributed by atoms with Gasteiger partial charge in [0, 0.05) is 31.2 Å². The van der Waals surface area contributed by atoms with Crippen LogP contribution in [0, 0.1) is 5.92 Å². The minimum absolute atomic E-state index is 0.00649. The molecule has 262 valence electrons.